The fourth-order valence-electron chi connectivity index (χ4n) is 1.12. The van der Waals surface area contributed by atoms with Crippen LogP contribution in [0.3, 0.4) is 0 Å². The number of nitrogens with zero attached hydrogens (tertiary/aromatic N) is 1. The lowest BCUT2D eigenvalue weighted by Gasteiger charge is -2.07. The van der Waals surface area contributed by atoms with Crippen LogP contribution in [0.5, 0.6) is 0 Å². The SMILES string of the molecule is N#Cc1cc(S)c(S(=O)(=O)Cl)c(CCl)c1. The van der Waals surface area contributed by atoms with E-state index in [2.05, 4.69) is 12.6 Å². The third-order valence-electron chi connectivity index (χ3n) is 1.66. The quantitative estimate of drug-likeness (QED) is 0.515. The van der Waals surface area contributed by atoms with Crippen LogP contribution < -0.4 is 0 Å². The summed E-state index contributed by atoms with van der Waals surface area (Å²) in [5.74, 6) is -0.0512. The maximum absolute atomic E-state index is 11.2. The molecule has 7 heteroatoms. The molecule has 1 aromatic rings. The Morgan fingerprint density at radius 1 is 1.47 bits per heavy atom. The topological polar surface area (TPSA) is 57.9 Å². The Bertz CT molecular complexity index is 534. The Hall–Kier alpha value is -0.410. The van der Waals surface area contributed by atoms with Gasteiger partial charge in [-0.1, -0.05) is 0 Å². The molecule has 0 aliphatic heterocycles. The second kappa shape index (κ2) is 4.62. The van der Waals surface area contributed by atoms with Gasteiger partial charge in [-0.05, 0) is 17.7 Å². The van der Waals surface area contributed by atoms with Crippen molar-refractivity contribution < 1.29 is 8.42 Å². The molecule has 1 aromatic carbocycles. The molecule has 80 valence electrons. The largest absolute Gasteiger partial charge is 0.262 e. The van der Waals surface area contributed by atoms with E-state index in [0.29, 0.717) is 5.56 Å². The highest BCUT2D eigenvalue weighted by molar-refractivity contribution is 8.14. The van der Waals surface area contributed by atoms with E-state index in [9.17, 15) is 8.42 Å². The van der Waals surface area contributed by atoms with Gasteiger partial charge in [-0.25, -0.2) is 8.42 Å². The van der Waals surface area contributed by atoms with Crippen LogP contribution in [-0.4, -0.2) is 8.42 Å². The molecule has 0 saturated heterocycles. The normalized spacial score (nSPS) is 11.1. The first kappa shape index (κ1) is 12.7. The van der Waals surface area contributed by atoms with E-state index in [4.69, 9.17) is 27.5 Å². The van der Waals surface area contributed by atoms with Gasteiger partial charge in [-0.2, -0.15) is 5.26 Å². The van der Waals surface area contributed by atoms with E-state index in [1.807, 2.05) is 6.07 Å². The summed E-state index contributed by atoms with van der Waals surface area (Å²) in [6.45, 7) is 0. The average molecular weight is 282 g/mol. The highest BCUT2D eigenvalue weighted by Gasteiger charge is 2.19. The zero-order valence-corrected chi connectivity index (χ0v) is 10.5. The van der Waals surface area contributed by atoms with Crippen molar-refractivity contribution >= 4 is 44.0 Å². The number of nitriles is 1. The van der Waals surface area contributed by atoms with Gasteiger partial charge in [0.05, 0.1) is 11.6 Å². The summed E-state index contributed by atoms with van der Waals surface area (Å²) < 4.78 is 22.4. The molecule has 0 fully saturated rings. The number of hydrogen-bond acceptors (Lipinski definition) is 4. The van der Waals surface area contributed by atoms with Crippen LogP contribution in [-0.2, 0) is 14.9 Å². The molecule has 3 nitrogen and oxygen atoms in total. The summed E-state index contributed by atoms with van der Waals surface area (Å²) in [5.41, 5.74) is 0.565. The predicted octanol–water partition coefficient (Wildman–Crippen LogP) is 2.51. The van der Waals surface area contributed by atoms with Gasteiger partial charge in [0.15, 0.2) is 0 Å². The fraction of sp³-hybridized carbons (Fsp3) is 0.125. The highest BCUT2D eigenvalue weighted by atomic mass is 35.7. The van der Waals surface area contributed by atoms with Crippen LogP contribution in [0, 0.1) is 11.3 Å². The molecule has 0 bridgehead atoms. The molecular weight excluding hydrogens is 277 g/mol. The van der Waals surface area contributed by atoms with Crippen LogP contribution >= 0.6 is 34.9 Å². The number of hydrogen-bond donors (Lipinski definition) is 1. The number of benzene rings is 1. The summed E-state index contributed by atoms with van der Waals surface area (Å²) in [5, 5.41) is 8.67. The van der Waals surface area contributed by atoms with Crippen LogP contribution in [0.25, 0.3) is 0 Å². The van der Waals surface area contributed by atoms with Crippen LogP contribution in [0.2, 0.25) is 0 Å². The summed E-state index contributed by atoms with van der Waals surface area (Å²) in [7, 11) is 1.33. The Labute approximate surface area is 102 Å². The van der Waals surface area contributed by atoms with Gasteiger partial charge in [-0.3, -0.25) is 0 Å². The molecule has 0 aliphatic rings. The molecule has 0 heterocycles. The second-order valence-electron chi connectivity index (χ2n) is 2.67. The summed E-state index contributed by atoms with van der Waals surface area (Å²) in [6, 6.07) is 4.58. The average Bonchev–Trinajstić information content (AvgIpc) is 2.14. The Kier molecular flexibility index (Phi) is 3.90. The Balaban J connectivity index is 3.61. The number of alkyl halides is 1. The third-order valence-corrected chi connectivity index (χ3v) is 3.89. The van der Waals surface area contributed by atoms with Crippen molar-refractivity contribution in [2.45, 2.75) is 15.7 Å². The van der Waals surface area contributed by atoms with E-state index in [1.54, 1.807) is 0 Å². The van der Waals surface area contributed by atoms with E-state index in [0.717, 1.165) is 0 Å². The molecule has 0 unspecified atom stereocenters. The van der Waals surface area contributed by atoms with Gasteiger partial charge in [0.2, 0.25) is 0 Å². The smallest absolute Gasteiger partial charge is 0.207 e. The van der Waals surface area contributed by atoms with Gasteiger partial charge < -0.3 is 0 Å². The van der Waals surface area contributed by atoms with E-state index < -0.39 is 9.05 Å². The first-order chi connectivity index (χ1) is 6.90. The lowest BCUT2D eigenvalue weighted by molar-refractivity contribution is 0.607. The molecule has 0 aromatic heterocycles. The van der Waals surface area contributed by atoms with Crippen LogP contribution in [0.15, 0.2) is 21.9 Å². The van der Waals surface area contributed by atoms with Crippen molar-refractivity contribution in [1.82, 2.24) is 0 Å². The van der Waals surface area contributed by atoms with Gasteiger partial charge in [0.1, 0.15) is 4.90 Å². The molecular formula is C8H5Cl2NO2S2. The first-order valence-corrected chi connectivity index (χ1v) is 6.96. The van der Waals surface area contributed by atoms with Gasteiger partial charge in [-0.15, -0.1) is 24.2 Å². The molecule has 15 heavy (non-hydrogen) atoms. The molecule has 1 rings (SSSR count). The van der Waals surface area contributed by atoms with Crippen molar-refractivity contribution in [2.24, 2.45) is 0 Å². The first-order valence-electron chi connectivity index (χ1n) is 3.66. The van der Waals surface area contributed by atoms with E-state index in [1.165, 1.54) is 12.1 Å². The molecule has 0 spiro atoms. The third kappa shape index (κ3) is 2.79. The number of thiol groups is 1. The lowest BCUT2D eigenvalue weighted by Crippen LogP contribution is -1.99. The summed E-state index contributed by atoms with van der Waals surface area (Å²) in [4.78, 5) is -0.0128. The predicted molar refractivity (Wildman–Crippen MR) is 61.0 cm³/mol. The van der Waals surface area contributed by atoms with Crippen molar-refractivity contribution in [3.8, 4) is 6.07 Å². The van der Waals surface area contributed by atoms with E-state index in [-0.39, 0.29) is 21.2 Å². The molecule has 0 aliphatic carbocycles. The Morgan fingerprint density at radius 2 is 2.07 bits per heavy atom. The number of rotatable bonds is 2. The molecule has 0 N–H and O–H groups in total. The zero-order chi connectivity index (χ0) is 11.6. The zero-order valence-electron chi connectivity index (χ0n) is 7.24. The van der Waals surface area contributed by atoms with Crippen molar-refractivity contribution in [3.05, 3.63) is 23.3 Å². The minimum absolute atomic E-state index is 0.0512. The highest BCUT2D eigenvalue weighted by Crippen LogP contribution is 2.29. The van der Waals surface area contributed by atoms with Crippen molar-refractivity contribution in [3.63, 3.8) is 0 Å². The van der Waals surface area contributed by atoms with Crippen molar-refractivity contribution in [1.29, 1.82) is 5.26 Å². The minimum Gasteiger partial charge on any atom is -0.207 e. The minimum atomic E-state index is -3.90. The molecule has 0 atom stereocenters. The summed E-state index contributed by atoms with van der Waals surface area (Å²) in [6.07, 6.45) is 0. The Morgan fingerprint density at radius 3 is 2.47 bits per heavy atom. The molecule has 0 saturated carbocycles. The number of halogens is 2. The van der Waals surface area contributed by atoms with E-state index >= 15 is 0 Å². The van der Waals surface area contributed by atoms with Gasteiger partial charge in [0, 0.05) is 21.5 Å². The van der Waals surface area contributed by atoms with Gasteiger partial charge >= 0.3 is 0 Å². The van der Waals surface area contributed by atoms with Crippen LogP contribution in [0.4, 0.5) is 0 Å². The maximum Gasteiger partial charge on any atom is 0.262 e. The summed E-state index contributed by atoms with van der Waals surface area (Å²) >= 11 is 9.54. The monoisotopic (exact) mass is 281 g/mol. The maximum atomic E-state index is 11.2. The molecule has 0 radical (unpaired) electrons. The molecule has 0 amide bonds. The van der Waals surface area contributed by atoms with Gasteiger partial charge in [0.25, 0.3) is 9.05 Å². The van der Waals surface area contributed by atoms with Crippen LogP contribution in [0.1, 0.15) is 11.1 Å². The standard InChI is InChI=1S/C8H5Cl2NO2S2/c9-3-6-1-5(4-11)2-7(14)8(6)15(10,12)13/h1-2,14H,3H2. The second-order valence-corrected chi connectivity index (χ2v) is 5.92. The fourth-order valence-corrected chi connectivity index (χ4v) is 3.51. The van der Waals surface area contributed by atoms with Crippen molar-refractivity contribution in [2.75, 3.05) is 0 Å². The lowest BCUT2D eigenvalue weighted by atomic mass is 10.1.